The van der Waals surface area contributed by atoms with Crippen LogP contribution in [0.5, 0.6) is 5.75 Å². The van der Waals surface area contributed by atoms with Crippen molar-refractivity contribution in [2.75, 3.05) is 20.2 Å². The maximum absolute atomic E-state index is 13.9. The monoisotopic (exact) mass is 507 g/mol. The third-order valence-corrected chi connectivity index (χ3v) is 9.59. The van der Waals surface area contributed by atoms with E-state index in [9.17, 15) is 14.7 Å². The van der Waals surface area contributed by atoms with Crippen LogP contribution in [-0.4, -0.2) is 42.1 Å². The van der Waals surface area contributed by atoms with E-state index < -0.39 is 16.8 Å². The predicted molar refractivity (Wildman–Crippen MR) is 147 cm³/mol. The van der Waals surface area contributed by atoms with Crippen LogP contribution in [0.3, 0.4) is 0 Å². The predicted octanol–water partition coefficient (Wildman–Crippen LogP) is 5.68. The largest absolute Gasteiger partial charge is 0.496 e. The lowest BCUT2D eigenvalue weighted by Crippen LogP contribution is -2.60. The smallest absolute Gasteiger partial charge is 0.312 e. The highest BCUT2D eigenvalue weighted by atomic mass is 16.5. The van der Waals surface area contributed by atoms with Crippen molar-refractivity contribution >= 4 is 17.4 Å². The minimum Gasteiger partial charge on any atom is -0.496 e. The zero-order valence-corrected chi connectivity index (χ0v) is 21.9. The molecule has 38 heavy (non-hydrogen) atoms. The summed E-state index contributed by atoms with van der Waals surface area (Å²) in [6, 6.07) is 24.4. The van der Waals surface area contributed by atoms with Crippen LogP contribution in [0, 0.1) is 11.3 Å². The van der Waals surface area contributed by atoms with Gasteiger partial charge in [0.15, 0.2) is 0 Å². The molecule has 0 spiro atoms. The Bertz CT molecular complexity index is 1440. The van der Waals surface area contributed by atoms with Gasteiger partial charge in [0.2, 0.25) is 0 Å². The van der Waals surface area contributed by atoms with E-state index in [4.69, 9.17) is 4.74 Å². The van der Waals surface area contributed by atoms with Crippen LogP contribution in [0.2, 0.25) is 0 Å². The maximum Gasteiger partial charge on any atom is 0.312 e. The molecular weight excluding hydrogens is 474 g/mol. The van der Waals surface area contributed by atoms with Crippen LogP contribution in [0.15, 0.2) is 79.4 Å². The van der Waals surface area contributed by atoms with E-state index in [1.165, 1.54) is 11.1 Å². The summed E-state index contributed by atoms with van der Waals surface area (Å²) in [6.45, 7) is 6.82. The number of carbonyl (C=O) groups excluding carboxylic acids is 1. The Morgan fingerprint density at radius 1 is 1.05 bits per heavy atom. The summed E-state index contributed by atoms with van der Waals surface area (Å²) < 4.78 is 5.49. The second-order valence-corrected chi connectivity index (χ2v) is 11.0. The van der Waals surface area contributed by atoms with Crippen LogP contribution in [-0.2, 0) is 21.4 Å². The molecule has 4 atom stereocenters. The summed E-state index contributed by atoms with van der Waals surface area (Å²) in [5.74, 6) is -0.854. The van der Waals surface area contributed by atoms with Crippen LogP contribution in [0.25, 0.3) is 5.57 Å². The fourth-order valence-electron chi connectivity index (χ4n) is 7.85. The van der Waals surface area contributed by atoms with Gasteiger partial charge < -0.3 is 14.7 Å². The Balaban J connectivity index is 1.49. The zero-order chi connectivity index (χ0) is 26.7. The third kappa shape index (κ3) is 3.17. The Hall–Kier alpha value is -3.86. The quantitative estimate of drug-likeness (QED) is 0.436. The first-order valence-electron chi connectivity index (χ1n) is 13.4. The lowest BCUT2D eigenvalue weighted by Gasteiger charge is -2.59. The minimum absolute atomic E-state index is 0.143. The maximum atomic E-state index is 13.9. The van der Waals surface area contributed by atoms with Crippen LogP contribution < -0.4 is 4.74 Å². The summed E-state index contributed by atoms with van der Waals surface area (Å²) in [5.41, 5.74) is 4.17. The molecule has 4 unspecified atom stereocenters. The molecule has 1 amide bonds. The van der Waals surface area contributed by atoms with Crippen molar-refractivity contribution < 1.29 is 19.4 Å². The third-order valence-electron chi connectivity index (χ3n) is 9.59. The number of methoxy groups -OCH3 is 1. The number of fused-ring (bicyclic) bond motifs is 1. The summed E-state index contributed by atoms with van der Waals surface area (Å²) >= 11 is 0. The second kappa shape index (κ2) is 8.87. The number of carbonyl (C=O) groups is 2. The summed E-state index contributed by atoms with van der Waals surface area (Å²) in [7, 11) is 1.57. The van der Waals surface area contributed by atoms with Crippen molar-refractivity contribution in [2.24, 2.45) is 11.3 Å². The number of aryl methyl sites for hydroxylation is 1. The van der Waals surface area contributed by atoms with Gasteiger partial charge in [0.25, 0.3) is 5.91 Å². The normalized spacial score (nSPS) is 26.9. The molecule has 1 N–H and O–H groups in total. The molecule has 5 heteroatoms. The number of rotatable bonds is 6. The van der Waals surface area contributed by atoms with Crippen molar-refractivity contribution in [1.29, 1.82) is 0 Å². The highest BCUT2D eigenvalue weighted by Crippen LogP contribution is 2.69. The van der Waals surface area contributed by atoms with Gasteiger partial charge in [-0.05, 0) is 47.6 Å². The first kappa shape index (κ1) is 24.5. The number of nitrogens with zero attached hydrogens (tertiary/aromatic N) is 1. The SMILES string of the molecule is C=C(C(=O)N1CC2C3(c4ccc(CC)cc4)CCC(c4ccccc43)C2(C(=O)O)C1)c1ccccc1OC. The number of ether oxygens (including phenoxy) is 1. The fraction of sp³-hybridized carbons (Fsp3) is 0.333. The van der Waals surface area contributed by atoms with Gasteiger partial charge >= 0.3 is 5.97 Å². The average Bonchev–Trinajstić information content (AvgIpc) is 3.41. The first-order chi connectivity index (χ1) is 18.4. The van der Waals surface area contributed by atoms with Gasteiger partial charge in [0.05, 0.1) is 12.5 Å². The van der Waals surface area contributed by atoms with Gasteiger partial charge in [-0.3, -0.25) is 9.59 Å². The molecule has 3 aromatic carbocycles. The number of likely N-dealkylation sites (tertiary alicyclic amines) is 1. The lowest BCUT2D eigenvalue weighted by molar-refractivity contribution is -0.157. The van der Waals surface area contributed by atoms with Crippen LogP contribution >= 0.6 is 0 Å². The van der Waals surface area contributed by atoms with Gasteiger partial charge in [-0.25, -0.2) is 0 Å². The second-order valence-electron chi connectivity index (χ2n) is 11.0. The van der Waals surface area contributed by atoms with Crippen molar-refractivity contribution in [1.82, 2.24) is 4.90 Å². The molecule has 2 fully saturated rings. The summed E-state index contributed by atoms with van der Waals surface area (Å²) in [5, 5.41) is 10.9. The van der Waals surface area contributed by atoms with Gasteiger partial charge in [-0.2, -0.15) is 0 Å². The van der Waals surface area contributed by atoms with Crippen molar-refractivity contribution in [2.45, 2.75) is 37.5 Å². The number of amides is 1. The van der Waals surface area contributed by atoms with Gasteiger partial charge in [0.1, 0.15) is 5.75 Å². The minimum atomic E-state index is -1.06. The number of para-hydroxylation sites is 1. The van der Waals surface area contributed by atoms with E-state index >= 15 is 0 Å². The van der Waals surface area contributed by atoms with Crippen molar-refractivity contribution in [3.05, 3.63) is 107 Å². The number of hydrogen-bond donors (Lipinski definition) is 1. The molecule has 1 saturated heterocycles. The molecule has 1 heterocycles. The Labute approximate surface area is 223 Å². The number of hydrogen-bond acceptors (Lipinski definition) is 3. The van der Waals surface area contributed by atoms with Crippen LogP contribution in [0.4, 0.5) is 0 Å². The standard InChI is InChI=1S/C33H33NO4/c1-4-22-13-15-23(16-14-22)32-18-17-27(25-10-5-7-11-26(25)32)33(31(36)37)20-34(19-29(32)33)30(35)21(2)24-9-6-8-12-28(24)38-3/h5-16,27,29H,2,4,17-20H2,1,3H3,(H,36,37). The van der Waals surface area contributed by atoms with E-state index in [1.807, 2.05) is 30.3 Å². The van der Waals surface area contributed by atoms with Gasteiger partial charge in [-0.15, -0.1) is 0 Å². The Morgan fingerprint density at radius 3 is 2.47 bits per heavy atom. The average molecular weight is 508 g/mol. The molecular formula is C33H33NO4. The Kier molecular flexibility index (Phi) is 5.71. The Morgan fingerprint density at radius 2 is 1.76 bits per heavy atom. The van der Waals surface area contributed by atoms with E-state index in [1.54, 1.807) is 12.0 Å². The molecule has 3 aromatic rings. The van der Waals surface area contributed by atoms with E-state index in [2.05, 4.69) is 56.0 Å². The molecule has 194 valence electrons. The van der Waals surface area contributed by atoms with Crippen LogP contribution in [0.1, 0.15) is 53.5 Å². The molecule has 0 radical (unpaired) electrons. The molecule has 1 aliphatic heterocycles. The van der Waals surface area contributed by atoms with Gasteiger partial charge in [0, 0.05) is 41.5 Å². The lowest BCUT2D eigenvalue weighted by atomic mass is 9.42. The van der Waals surface area contributed by atoms with Crippen molar-refractivity contribution in [3.8, 4) is 5.75 Å². The summed E-state index contributed by atoms with van der Waals surface area (Å²) in [4.78, 5) is 29.0. The molecule has 1 saturated carbocycles. The highest BCUT2D eigenvalue weighted by molar-refractivity contribution is 6.19. The number of aliphatic carboxylic acids is 1. The molecule has 7 rings (SSSR count). The van der Waals surface area contributed by atoms with Gasteiger partial charge in [-0.1, -0.05) is 80.2 Å². The summed E-state index contributed by atoms with van der Waals surface area (Å²) in [6.07, 6.45) is 2.60. The van der Waals surface area contributed by atoms with E-state index in [0.717, 1.165) is 30.4 Å². The van der Waals surface area contributed by atoms with E-state index in [0.29, 0.717) is 23.4 Å². The fourth-order valence-corrected chi connectivity index (χ4v) is 7.85. The topological polar surface area (TPSA) is 66.8 Å². The van der Waals surface area contributed by atoms with E-state index in [-0.39, 0.29) is 24.3 Å². The molecule has 4 aliphatic rings. The molecule has 5 nitrogen and oxygen atoms in total. The highest BCUT2D eigenvalue weighted by Gasteiger charge is 2.70. The molecule has 3 aliphatic carbocycles. The number of benzene rings is 3. The number of carboxylic acid groups (broad SMARTS) is 1. The molecule has 0 aromatic heterocycles. The van der Waals surface area contributed by atoms with Crippen molar-refractivity contribution in [3.63, 3.8) is 0 Å². The first-order valence-corrected chi connectivity index (χ1v) is 13.4. The zero-order valence-electron chi connectivity index (χ0n) is 21.9. The molecule has 2 bridgehead atoms. The number of carboxylic acids is 1.